The minimum absolute atomic E-state index is 0.109. The van der Waals surface area contributed by atoms with Crippen LogP contribution in [0.4, 0.5) is 5.69 Å². The maximum absolute atomic E-state index is 12.4. The Morgan fingerprint density at radius 3 is 2.50 bits per heavy atom. The van der Waals surface area contributed by atoms with Gasteiger partial charge in [0.2, 0.25) is 18.6 Å². The molecule has 2 aromatic rings. The summed E-state index contributed by atoms with van der Waals surface area (Å²) < 4.78 is 21.1. The molecule has 28 heavy (non-hydrogen) atoms. The van der Waals surface area contributed by atoms with E-state index in [-0.39, 0.29) is 25.2 Å². The van der Waals surface area contributed by atoms with Gasteiger partial charge in [0.15, 0.2) is 23.0 Å². The zero-order chi connectivity index (χ0) is 20.1. The number of nitrogens with zero attached hydrogens (tertiary/aromatic N) is 1. The van der Waals surface area contributed by atoms with Crippen molar-refractivity contribution in [3.63, 3.8) is 0 Å². The van der Waals surface area contributed by atoms with Crippen LogP contribution in [0.2, 0.25) is 0 Å². The monoisotopic (exact) mass is 386 g/mol. The van der Waals surface area contributed by atoms with E-state index in [1.807, 2.05) is 6.07 Å². The maximum atomic E-state index is 12.4. The largest absolute Gasteiger partial charge is 0.493 e. The van der Waals surface area contributed by atoms with Crippen molar-refractivity contribution in [2.24, 2.45) is 0 Å². The number of fused-ring (bicyclic) bond motifs is 1. The minimum Gasteiger partial charge on any atom is -0.493 e. The summed E-state index contributed by atoms with van der Waals surface area (Å²) in [5, 5.41) is 2.81. The number of rotatable bonds is 7. The number of nitrogens with one attached hydrogen (secondary N) is 1. The summed E-state index contributed by atoms with van der Waals surface area (Å²) in [7, 11) is 3.11. The molecule has 1 aliphatic rings. The molecule has 0 saturated carbocycles. The van der Waals surface area contributed by atoms with Crippen LogP contribution in [0, 0.1) is 0 Å². The molecule has 8 nitrogen and oxygen atoms in total. The molecule has 1 N–H and O–H groups in total. The van der Waals surface area contributed by atoms with Crippen molar-refractivity contribution in [2.75, 3.05) is 32.5 Å². The Morgan fingerprint density at radius 2 is 1.79 bits per heavy atom. The third kappa shape index (κ3) is 4.28. The molecule has 0 aliphatic carbocycles. The lowest BCUT2D eigenvalue weighted by molar-refractivity contribution is -0.123. The van der Waals surface area contributed by atoms with Crippen molar-refractivity contribution in [2.45, 2.75) is 13.5 Å². The van der Waals surface area contributed by atoms with Gasteiger partial charge >= 0.3 is 0 Å². The number of hydrogen-bond acceptors (Lipinski definition) is 6. The lowest BCUT2D eigenvalue weighted by Crippen LogP contribution is -2.39. The number of amides is 2. The van der Waals surface area contributed by atoms with Crippen molar-refractivity contribution < 1.29 is 28.5 Å². The number of benzene rings is 2. The molecule has 2 aromatic carbocycles. The molecular formula is C20H22N2O6. The summed E-state index contributed by atoms with van der Waals surface area (Å²) in [5.41, 5.74) is 1.42. The van der Waals surface area contributed by atoms with Crippen LogP contribution in [0.15, 0.2) is 36.4 Å². The number of hydrogen-bond donors (Lipinski definition) is 1. The van der Waals surface area contributed by atoms with E-state index in [0.717, 1.165) is 5.56 Å². The predicted molar refractivity (Wildman–Crippen MR) is 102 cm³/mol. The Kier molecular flexibility index (Phi) is 5.88. The van der Waals surface area contributed by atoms with Crippen molar-refractivity contribution >= 4 is 17.5 Å². The first-order valence-corrected chi connectivity index (χ1v) is 8.67. The zero-order valence-electron chi connectivity index (χ0n) is 16.0. The molecular weight excluding hydrogens is 364 g/mol. The lowest BCUT2D eigenvalue weighted by Gasteiger charge is -2.21. The molecule has 0 unspecified atom stereocenters. The third-order valence-electron chi connectivity index (χ3n) is 4.29. The van der Waals surface area contributed by atoms with Gasteiger partial charge in [0, 0.05) is 25.2 Å². The normalized spacial score (nSPS) is 11.7. The van der Waals surface area contributed by atoms with E-state index < -0.39 is 0 Å². The SMILES string of the molecule is COc1ccc(CNC(=O)CN(C(C)=O)c2ccc3c(c2)OCO3)cc1OC. The van der Waals surface area contributed by atoms with Crippen molar-refractivity contribution in [3.05, 3.63) is 42.0 Å². The standard InChI is InChI=1S/C20H22N2O6/c1-13(23)22(15-5-7-17-19(9-15)28-12-27-17)11-20(24)21-10-14-4-6-16(25-2)18(8-14)26-3/h4-9H,10-12H2,1-3H3,(H,21,24). The van der Waals surface area contributed by atoms with Gasteiger partial charge in [-0.2, -0.15) is 0 Å². The number of carbonyl (C=O) groups is 2. The van der Waals surface area contributed by atoms with Crippen LogP contribution >= 0.6 is 0 Å². The third-order valence-corrected chi connectivity index (χ3v) is 4.29. The molecule has 3 rings (SSSR count). The summed E-state index contributed by atoms with van der Waals surface area (Å²) in [6.07, 6.45) is 0. The predicted octanol–water partition coefficient (Wildman–Crippen LogP) is 2.10. The molecule has 0 spiro atoms. The Hall–Kier alpha value is -3.42. The Balaban J connectivity index is 1.64. The molecule has 8 heteroatoms. The fourth-order valence-corrected chi connectivity index (χ4v) is 2.83. The first-order valence-electron chi connectivity index (χ1n) is 8.67. The maximum Gasteiger partial charge on any atom is 0.240 e. The number of carbonyl (C=O) groups excluding carboxylic acids is 2. The summed E-state index contributed by atoms with van der Waals surface area (Å²) in [6, 6.07) is 10.5. The highest BCUT2D eigenvalue weighted by Crippen LogP contribution is 2.35. The molecule has 1 heterocycles. The molecule has 0 fully saturated rings. The van der Waals surface area contributed by atoms with Gasteiger partial charge in [-0.3, -0.25) is 9.59 Å². The topological polar surface area (TPSA) is 86.3 Å². The van der Waals surface area contributed by atoms with Gasteiger partial charge in [-0.05, 0) is 29.8 Å². The second-order valence-corrected chi connectivity index (χ2v) is 6.11. The van der Waals surface area contributed by atoms with Gasteiger partial charge in [0.05, 0.1) is 14.2 Å². The van der Waals surface area contributed by atoms with E-state index in [4.69, 9.17) is 18.9 Å². The van der Waals surface area contributed by atoms with Crippen LogP contribution in [0.3, 0.4) is 0 Å². The van der Waals surface area contributed by atoms with Crippen LogP contribution in [-0.2, 0) is 16.1 Å². The lowest BCUT2D eigenvalue weighted by atomic mass is 10.2. The average molecular weight is 386 g/mol. The van der Waals surface area contributed by atoms with Gasteiger partial charge < -0.3 is 29.2 Å². The highest BCUT2D eigenvalue weighted by atomic mass is 16.7. The fraction of sp³-hybridized carbons (Fsp3) is 0.300. The van der Waals surface area contributed by atoms with Gasteiger partial charge in [-0.15, -0.1) is 0 Å². The molecule has 2 amide bonds. The van der Waals surface area contributed by atoms with Crippen molar-refractivity contribution in [3.8, 4) is 23.0 Å². The van der Waals surface area contributed by atoms with Crippen LogP contribution in [-0.4, -0.2) is 39.4 Å². The summed E-state index contributed by atoms with van der Waals surface area (Å²) in [5.74, 6) is 1.82. The average Bonchev–Trinajstić information content (AvgIpc) is 3.17. The van der Waals surface area contributed by atoms with Gasteiger partial charge in [-0.25, -0.2) is 0 Å². The minimum atomic E-state index is -0.289. The highest BCUT2D eigenvalue weighted by molar-refractivity contribution is 5.97. The Bertz CT molecular complexity index is 883. The van der Waals surface area contributed by atoms with Gasteiger partial charge in [-0.1, -0.05) is 6.07 Å². The molecule has 148 valence electrons. The van der Waals surface area contributed by atoms with E-state index in [2.05, 4.69) is 5.32 Å². The van der Waals surface area contributed by atoms with Crippen LogP contribution in [0.25, 0.3) is 0 Å². The number of methoxy groups -OCH3 is 2. The number of anilines is 1. The Labute approximate surface area is 162 Å². The summed E-state index contributed by atoms with van der Waals surface area (Å²) >= 11 is 0. The van der Waals surface area contributed by atoms with Crippen LogP contribution in [0.5, 0.6) is 23.0 Å². The number of ether oxygens (including phenoxy) is 4. The van der Waals surface area contributed by atoms with Gasteiger partial charge in [0.25, 0.3) is 0 Å². The Morgan fingerprint density at radius 1 is 1.04 bits per heavy atom. The van der Waals surface area contributed by atoms with Crippen LogP contribution < -0.4 is 29.2 Å². The van der Waals surface area contributed by atoms with Gasteiger partial charge in [0.1, 0.15) is 6.54 Å². The zero-order valence-corrected chi connectivity index (χ0v) is 16.0. The molecule has 0 radical (unpaired) electrons. The molecule has 1 aliphatic heterocycles. The summed E-state index contributed by atoms with van der Waals surface area (Å²) in [6.45, 7) is 1.74. The second-order valence-electron chi connectivity index (χ2n) is 6.11. The van der Waals surface area contributed by atoms with Crippen molar-refractivity contribution in [1.82, 2.24) is 5.32 Å². The molecule has 0 aromatic heterocycles. The first kappa shape index (κ1) is 19.3. The molecule has 0 bridgehead atoms. The van der Waals surface area contributed by atoms with E-state index in [9.17, 15) is 9.59 Å². The van der Waals surface area contributed by atoms with Crippen LogP contribution in [0.1, 0.15) is 12.5 Å². The van der Waals surface area contributed by atoms with Crippen molar-refractivity contribution in [1.29, 1.82) is 0 Å². The quantitative estimate of drug-likeness (QED) is 0.784. The smallest absolute Gasteiger partial charge is 0.240 e. The first-order chi connectivity index (χ1) is 13.5. The fourth-order valence-electron chi connectivity index (χ4n) is 2.83. The van der Waals surface area contributed by atoms with E-state index >= 15 is 0 Å². The highest BCUT2D eigenvalue weighted by Gasteiger charge is 2.20. The van der Waals surface area contributed by atoms with E-state index in [1.165, 1.54) is 11.8 Å². The van der Waals surface area contributed by atoms with E-state index in [1.54, 1.807) is 44.6 Å². The second kappa shape index (κ2) is 8.51. The van der Waals surface area contributed by atoms with E-state index in [0.29, 0.717) is 35.2 Å². The molecule has 0 saturated heterocycles. The summed E-state index contributed by atoms with van der Waals surface area (Å²) in [4.78, 5) is 25.8. The molecule has 0 atom stereocenters.